The van der Waals surface area contributed by atoms with Gasteiger partial charge in [-0.05, 0) is 18.7 Å². The summed E-state index contributed by atoms with van der Waals surface area (Å²) in [4.78, 5) is 28.7. The molecule has 132 valence electrons. The molecule has 1 unspecified atom stereocenters. The Morgan fingerprint density at radius 1 is 1.28 bits per heavy atom. The zero-order chi connectivity index (χ0) is 17.6. The normalized spacial score (nSPS) is 21.8. The molecule has 0 bridgehead atoms. The molecule has 2 amide bonds. The van der Waals surface area contributed by atoms with Gasteiger partial charge < -0.3 is 15.1 Å². The van der Waals surface area contributed by atoms with Crippen LogP contribution in [0.2, 0.25) is 0 Å². The monoisotopic (exact) mass is 341 g/mol. The lowest BCUT2D eigenvalue weighted by Gasteiger charge is -2.42. The van der Waals surface area contributed by atoms with Crippen LogP contribution in [0.25, 0.3) is 10.9 Å². The summed E-state index contributed by atoms with van der Waals surface area (Å²) in [5, 5.41) is 8.30. The number of aromatic nitrogens is 2. The molecule has 7 heteroatoms. The van der Waals surface area contributed by atoms with Crippen molar-refractivity contribution in [1.82, 2.24) is 24.9 Å². The Morgan fingerprint density at radius 3 is 2.84 bits per heavy atom. The molecule has 7 nitrogen and oxygen atoms in total. The van der Waals surface area contributed by atoms with E-state index in [-0.39, 0.29) is 23.8 Å². The predicted molar refractivity (Wildman–Crippen MR) is 93.7 cm³/mol. The molecule has 0 saturated carbocycles. The molecule has 3 heterocycles. The zero-order valence-corrected chi connectivity index (χ0v) is 14.6. The van der Waals surface area contributed by atoms with Gasteiger partial charge in [-0.3, -0.25) is 14.3 Å². The molecule has 0 aliphatic carbocycles. The number of likely N-dealkylation sites (N-methyl/N-ethyl adjacent to an activating group) is 1. The van der Waals surface area contributed by atoms with Crippen LogP contribution in [0.4, 0.5) is 0 Å². The van der Waals surface area contributed by atoms with Crippen LogP contribution < -0.4 is 5.32 Å². The van der Waals surface area contributed by atoms with Gasteiger partial charge in [-0.2, -0.15) is 5.10 Å². The van der Waals surface area contributed by atoms with E-state index in [1.54, 1.807) is 0 Å². The first-order valence-corrected chi connectivity index (χ1v) is 8.67. The van der Waals surface area contributed by atoms with E-state index in [1.165, 1.54) is 0 Å². The standard InChI is InChI=1S/C18H23N5O2/c1-21-10-15(11-21)23-9-14(6-17(23)24)18(25)19-7-12-3-4-13-8-20-22(2)16(13)5-12/h3-5,8,14-15H,6-7,9-11H2,1-2H3,(H,19,25). The number of fused-ring (bicyclic) bond motifs is 1. The Bertz CT molecular complexity index is 824. The van der Waals surface area contributed by atoms with Gasteiger partial charge in [0.1, 0.15) is 0 Å². The molecule has 2 aliphatic rings. The van der Waals surface area contributed by atoms with E-state index in [2.05, 4.69) is 15.3 Å². The molecule has 2 aliphatic heterocycles. The molecule has 0 radical (unpaired) electrons. The highest BCUT2D eigenvalue weighted by atomic mass is 16.2. The number of amides is 2. The first-order chi connectivity index (χ1) is 12.0. The molecular formula is C18H23N5O2. The van der Waals surface area contributed by atoms with Gasteiger partial charge in [0.25, 0.3) is 0 Å². The number of nitrogens with zero attached hydrogens (tertiary/aromatic N) is 4. The summed E-state index contributed by atoms with van der Waals surface area (Å²) in [6.07, 6.45) is 2.15. The Morgan fingerprint density at radius 2 is 2.08 bits per heavy atom. The third-order valence-electron chi connectivity index (χ3n) is 5.30. The SMILES string of the molecule is CN1CC(N2CC(C(=O)NCc3ccc4cnn(C)c4c3)CC2=O)C1. The number of hydrogen-bond donors (Lipinski definition) is 1. The zero-order valence-electron chi connectivity index (χ0n) is 14.6. The van der Waals surface area contributed by atoms with Crippen molar-refractivity contribution in [2.75, 3.05) is 26.7 Å². The number of hydrogen-bond acceptors (Lipinski definition) is 4. The minimum absolute atomic E-state index is 0.0337. The number of likely N-dealkylation sites (tertiary alicyclic amines) is 2. The third-order valence-corrected chi connectivity index (χ3v) is 5.30. The van der Waals surface area contributed by atoms with Gasteiger partial charge >= 0.3 is 0 Å². The summed E-state index contributed by atoms with van der Waals surface area (Å²) in [6.45, 7) is 2.83. The molecule has 2 saturated heterocycles. The number of carbonyl (C=O) groups excluding carboxylic acids is 2. The predicted octanol–water partition coefficient (Wildman–Crippen LogP) is 0.352. The van der Waals surface area contributed by atoms with Gasteiger partial charge in [0.15, 0.2) is 0 Å². The Kier molecular flexibility index (Phi) is 3.95. The molecule has 2 fully saturated rings. The van der Waals surface area contributed by atoms with Crippen LogP contribution in [0.1, 0.15) is 12.0 Å². The number of rotatable bonds is 4. The lowest BCUT2D eigenvalue weighted by molar-refractivity contribution is -0.132. The Hall–Kier alpha value is -2.41. The topological polar surface area (TPSA) is 70.5 Å². The highest BCUT2D eigenvalue weighted by Crippen LogP contribution is 2.24. The quantitative estimate of drug-likeness (QED) is 0.871. The van der Waals surface area contributed by atoms with Crippen LogP contribution >= 0.6 is 0 Å². The molecule has 0 spiro atoms. The summed E-state index contributed by atoms with van der Waals surface area (Å²) in [7, 11) is 3.95. The third kappa shape index (κ3) is 3.00. The Balaban J connectivity index is 1.35. The van der Waals surface area contributed by atoms with Crippen molar-refractivity contribution in [3.63, 3.8) is 0 Å². The molecule has 1 aromatic heterocycles. The fourth-order valence-electron chi connectivity index (χ4n) is 3.76. The number of carbonyl (C=O) groups is 2. The van der Waals surface area contributed by atoms with Crippen LogP contribution in [0.5, 0.6) is 0 Å². The number of nitrogens with one attached hydrogen (secondary N) is 1. The van der Waals surface area contributed by atoms with Crippen LogP contribution in [-0.4, -0.2) is 64.1 Å². The first-order valence-electron chi connectivity index (χ1n) is 8.67. The van der Waals surface area contributed by atoms with Crippen molar-refractivity contribution < 1.29 is 9.59 Å². The first kappa shape index (κ1) is 16.1. The van der Waals surface area contributed by atoms with E-state index in [1.807, 2.05) is 48.1 Å². The minimum atomic E-state index is -0.237. The Labute approximate surface area is 146 Å². The van der Waals surface area contributed by atoms with Gasteiger partial charge in [0.2, 0.25) is 11.8 Å². The van der Waals surface area contributed by atoms with E-state index in [0.29, 0.717) is 19.5 Å². The molecule has 25 heavy (non-hydrogen) atoms. The fraction of sp³-hybridized carbons (Fsp3) is 0.500. The van der Waals surface area contributed by atoms with Gasteiger partial charge in [0.05, 0.1) is 23.7 Å². The fourth-order valence-corrected chi connectivity index (χ4v) is 3.76. The largest absolute Gasteiger partial charge is 0.352 e. The van der Waals surface area contributed by atoms with E-state index in [9.17, 15) is 9.59 Å². The number of benzene rings is 1. The van der Waals surface area contributed by atoms with Crippen LogP contribution in [-0.2, 0) is 23.2 Å². The molecule has 4 rings (SSSR count). The number of aryl methyl sites for hydroxylation is 1. The van der Waals surface area contributed by atoms with Crippen LogP contribution in [0.3, 0.4) is 0 Å². The van der Waals surface area contributed by atoms with Gasteiger partial charge in [-0.15, -0.1) is 0 Å². The van der Waals surface area contributed by atoms with Crippen molar-refractivity contribution in [3.05, 3.63) is 30.0 Å². The lowest BCUT2D eigenvalue weighted by Crippen LogP contribution is -2.58. The van der Waals surface area contributed by atoms with Gasteiger partial charge in [-0.25, -0.2) is 0 Å². The maximum absolute atomic E-state index is 12.5. The smallest absolute Gasteiger partial charge is 0.225 e. The maximum atomic E-state index is 12.5. The van der Waals surface area contributed by atoms with Crippen molar-refractivity contribution >= 4 is 22.7 Å². The van der Waals surface area contributed by atoms with Crippen molar-refractivity contribution in [2.24, 2.45) is 13.0 Å². The summed E-state index contributed by atoms with van der Waals surface area (Å²) in [5.41, 5.74) is 2.08. The van der Waals surface area contributed by atoms with E-state index in [4.69, 9.17) is 0 Å². The van der Waals surface area contributed by atoms with Crippen LogP contribution in [0, 0.1) is 5.92 Å². The van der Waals surface area contributed by atoms with E-state index >= 15 is 0 Å². The summed E-state index contributed by atoms with van der Waals surface area (Å²) in [5.74, 6) is -0.165. The lowest BCUT2D eigenvalue weighted by atomic mass is 10.1. The molecular weight excluding hydrogens is 318 g/mol. The maximum Gasteiger partial charge on any atom is 0.225 e. The minimum Gasteiger partial charge on any atom is -0.352 e. The second-order valence-corrected chi connectivity index (χ2v) is 7.20. The summed E-state index contributed by atoms with van der Waals surface area (Å²) < 4.78 is 1.82. The highest BCUT2D eigenvalue weighted by molar-refractivity contribution is 5.89. The van der Waals surface area contributed by atoms with Gasteiger partial charge in [0, 0.05) is 45.0 Å². The van der Waals surface area contributed by atoms with Gasteiger partial charge in [-0.1, -0.05) is 12.1 Å². The molecule has 1 N–H and O–H groups in total. The average Bonchev–Trinajstić information content (AvgIpc) is 3.13. The van der Waals surface area contributed by atoms with Crippen molar-refractivity contribution in [3.8, 4) is 0 Å². The van der Waals surface area contributed by atoms with Crippen molar-refractivity contribution in [2.45, 2.75) is 19.0 Å². The summed E-state index contributed by atoms with van der Waals surface area (Å²) in [6, 6.07) is 6.33. The van der Waals surface area contributed by atoms with E-state index in [0.717, 1.165) is 29.6 Å². The van der Waals surface area contributed by atoms with E-state index < -0.39 is 0 Å². The molecule has 2 aromatic rings. The average molecular weight is 341 g/mol. The summed E-state index contributed by atoms with van der Waals surface area (Å²) >= 11 is 0. The highest BCUT2D eigenvalue weighted by Gasteiger charge is 2.41. The molecule has 1 atom stereocenters. The molecule has 1 aromatic carbocycles. The second kappa shape index (κ2) is 6.15. The second-order valence-electron chi connectivity index (χ2n) is 7.20. The van der Waals surface area contributed by atoms with Crippen molar-refractivity contribution in [1.29, 1.82) is 0 Å². The van der Waals surface area contributed by atoms with Crippen LogP contribution in [0.15, 0.2) is 24.4 Å².